The van der Waals surface area contributed by atoms with Crippen LogP contribution in [0.5, 0.6) is 5.75 Å². The van der Waals surface area contributed by atoms with Crippen molar-refractivity contribution in [2.45, 2.75) is 6.54 Å². The second kappa shape index (κ2) is 5.34. The molecule has 0 unspecified atom stereocenters. The van der Waals surface area contributed by atoms with Crippen molar-refractivity contribution in [2.75, 3.05) is 12.4 Å². The second-order valence-electron chi connectivity index (χ2n) is 3.68. The summed E-state index contributed by atoms with van der Waals surface area (Å²) in [6.45, 7) is 0.568. The van der Waals surface area contributed by atoms with E-state index in [1.165, 1.54) is 6.07 Å². The fourth-order valence-corrected chi connectivity index (χ4v) is 1.58. The molecule has 0 aliphatic rings. The second-order valence-corrected chi connectivity index (χ2v) is 3.68. The van der Waals surface area contributed by atoms with Gasteiger partial charge in [-0.05, 0) is 29.8 Å². The molecule has 1 N–H and O–H groups in total. The summed E-state index contributed by atoms with van der Waals surface area (Å²) in [5.41, 5.74) is 1.56. The van der Waals surface area contributed by atoms with Crippen molar-refractivity contribution in [1.82, 2.24) is 0 Å². The molecule has 2 aromatic carbocycles. The molecule has 3 heteroatoms. The molecule has 0 aliphatic carbocycles. The molecule has 0 saturated carbocycles. The van der Waals surface area contributed by atoms with Gasteiger partial charge in [-0.3, -0.25) is 0 Å². The molecule has 2 rings (SSSR count). The SMILES string of the molecule is COc1cccc(CNc2ccccc2F)c1. The molecule has 0 heterocycles. The number of para-hydroxylation sites is 1. The van der Waals surface area contributed by atoms with Crippen molar-refractivity contribution in [3.8, 4) is 5.75 Å². The highest BCUT2D eigenvalue weighted by atomic mass is 19.1. The van der Waals surface area contributed by atoms with Crippen molar-refractivity contribution in [3.05, 3.63) is 59.9 Å². The lowest BCUT2D eigenvalue weighted by molar-refractivity contribution is 0.414. The topological polar surface area (TPSA) is 21.3 Å². The van der Waals surface area contributed by atoms with Crippen molar-refractivity contribution < 1.29 is 9.13 Å². The monoisotopic (exact) mass is 231 g/mol. The van der Waals surface area contributed by atoms with E-state index in [1.807, 2.05) is 24.3 Å². The average molecular weight is 231 g/mol. The smallest absolute Gasteiger partial charge is 0.146 e. The quantitative estimate of drug-likeness (QED) is 0.870. The highest BCUT2D eigenvalue weighted by molar-refractivity contribution is 5.45. The Morgan fingerprint density at radius 3 is 2.71 bits per heavy atom. The van der Waals surface area contributed by atoms with E-state index in [0.29, 0.717) is 12.2 Å². The average Bonchev–Trinajstić information content (AvgIpc) is 2.38. The summed E-state index contributed by atoms with van der Waals surface area (Å²) >= 11 is 0. The Hall–Kier alpha value is -2.03. The third kappa shape index (κ3) is 2.97. The van der Waals surface area contributed by atoms with Crippen molar-refractivity contribution in [3.63, 3.8) is 0 Å². The van der Waals surface area contributed by atoms with Gasteiger partial charge < -0.3 is 10.1 Å². The Balaban J connectivity index is 2.05. The van der Waals surface area contributed by atoms with Gasteiger partial charge in [0.1, 0.15) is 11.6 Å². The van der Waals surface area contributed by atoms with Crippen LogP contribution in [0.3, 0.4) is 0 Å². The van der Waals surface area contributed by atoms with Gasteiger partial charge in [0.25, 0.3) is 0 Å². The number of anilines is 1. The zero-order valence-electron chi connectivity index (χ0n) is 9.61. The molecule has 0 atom stereocenters. The lowest BCUT2D eigenvalue weighted by atomic mass is 10.2. The molecule has 0 saturated heterocycles. The maximum Gasteiger partial charge on any atom is 0.146 e. The Labute approximate surface area is 100 Å². The first-order chi connectivity index (χ1) is 8.29. The van der Waals surface area contributed by atoms with Crippen LogP contribution in [-0.4, -0.2) is 7.11 Å². The minimum absolute atomic E-state index is 0.240. The Morgan fingerprint density at radius 1 is 1.12 bits per heavy atom. The summed E-state index contributed by atoms with van der Waals surface area (Å²) in [5.74, 6) is 0.563. The van der Waals surface area contributed by atoms with E-state index in [2.05, 4.69) is 5.32 Å². The maximum absolute atomic E-state index is 13.4. The Morgan fingerprint density at radius 2 is 1.94 bits per heavy atom. The molecular formula is C14H14FNO. The fourth-order valence-electron chi connectivity index (χ4n) is 1.58. The van der Waals surface area contributed by atoms with E-state index in [4.69, 9.17) is 4.74 Å². The van der Waals surface area contributed by atoms with Gasteiger partial charge in [-0.25, -0.2) is 4.39 Å². The highest BCUT2D eigenvalue weighted by Gasteiger charge is 2.00. The standard InChI is InChI=1S/C14H14FNO/c1-17-12-6-4-5-11(9-12)10-16-14-8-3-2-7-13(14)15/h2-9,16H,10H2,1H3. The minimum atomic E-state index is -0.240. The van der Waals surface area contributed by atoms with Crippen LogP contribution in [0.1, 0.15) is 5.56 Å². The number of nitrogens with one attached hydrogen (secondary N) is 1. The summed E-state index contributed by atoms with van der Waals surface area (Å²) in [5, 5.41) is 3.05. The first kappa shape index (κ1) is 11.5. The number of hydrogen-bond acceptors (Lipinski definition) is 2. The molecule has 2 nitrogen and oxygen atoms in total. The zero-order chi connectivity index (χ0) is 12.1. The number of halogens is 1. The zero-order valence-corrected chi connectivity index (χ0v) is 9.61. The highest BCUT2D eigenvalue weighted by Crippen LogP contribution is 2.16. The first-order valence-corrected chi connectivity index (χ1v) is 5.41. The Bertz CT molecular complexity index is 499. The van der Waals surface area contributed by atoms with Crippen LogP contribution < -0.4 is 10.1 Å². The fraction of sp³-hybridized carbons (Fsp3) is 0.143. The molecule has 0 fully saturated rings. The van der Waals surface area contributed by atoms with Crippen LogP contribution in [0, 0.1) is 5.82 Å². The Kier molecular flexibility index (Phi) is 3.60. The summed E-state index contributed by atoms with van der Waals surface area (Å²) in [4.78, 5) is 0. The van der Waals surface area contributed by atoms with Gasteiger partial charge in [0.2, 0.25) is 0 Å². The molecule has 0 radical (unpaired) electrons. The van der Waals surface area contributed by atoms with Crippen LogP contribution in [0.25, 0.3) is 0 Å². The van der Waals surface area contributed by atoms with E-state index in [9.17, 15) is 4.39 Å². The number of hydrogen-bond donors (Lipinski definition) is 1. The van der Waals surface area contributed by atoms with Gasteiger partial charge >= 0.3 is 0 Å². The van der Waals surface area contributed by atoms with Crippen molar-refractivity contribution in [1.29, 1.82) is 0 Å². The van der Waals surface area contributed by atoms with Gasteiger partial charge in [-0.1, -0.05) is 24.3 Å². The van der Waals surface area contributed by atoms with Crippen LogP contribution in [0.4, 0.5) is 10.1 Å². The summed E-state index contributed by atoms with van der Waals surface area (Å²) in [6, 6.07) is 14.3. The molecule has 2 aromatic rings. The van der Waals surface area contributed by atoms with E-state index in [-0.39, 0.29) is 5.82 Å². The lowest BCUT2D eigenvalue weighted by Crippen LogP contribution is -2.01. The van der Waals surface area contributed by atoms with Gasteiger partial charge in [0, 0.05) is 6.54 Å². The van der Waals surface area contributed by atoms with Crippen LogP contribution >= 0.6 is 0 Å². The molecule has 0 aromatic heterocycles. The normalized spacial score (nSPS) is 10.0. The van der Waals surface area contributed by atoms with Crippen LogP contribution in [-0.2, 0) is 6.54 Å². The number of benzene rings is 2. The maximum atomic E-state index is 13.4. The van der Waals surface area contributed by atoms with Gasteiger partial charge in [-0.2, -0.15) is 0 Å². The van der Waals surface area contributed by atoms with Gasteiger partial charge in [0.05, 0.1) is 12.8 Å². The third-order valence-corrected chi connectivity index (χ3v) is 2.49. The largest absolute Gasteiger partial charge is 0.497 e. The van der Waals surface area contributed by atoms with E-state index >= 15 is 0 Å². The van der Waals surface area contributed by atoms with Crippen LogP contribution in [0.15, 0.2) is 48.5 Å². The molecule has 17 heavy (non-hydrogen) atoms. The van der Waals surface area contributed by atoms with Gasteiger partial charge in [0.15, 0.2) is 0 Å². The molecule has 0 aliphatic heterocycles. The van der Waals surface area contributed by atoms with Gasteiger partial charge in [-0.15, -0.1) is 0 Å². The molecule has 88 valence electrons. The van der Waals surface area contributed by atoms with Crippen LogP contribution in [0.2, 0.25) is 0 Å². The van der Waals surface area contributed by atoms with Crippen molar-refractivity contribution >= 4 is 5.69 Å². The molecule has 0 spiro atoms. The number of ether oxygens (including phenoxy) is 1. The number of rotatable bonds is 4. The number of methoxy groups -OCH3 is 1. The first-order valence-electron chi connectivity index (χ1n) is 5.41. The van der Waals surface area contributed by atoms with E-state index in [0.717, 1.165) is 11.3 Å². The predicted molar refractivity (Wildman–Crippen MR) is 66.7 cm³/mol. The molecule has 0 amide bonds. The summed E-state index contributed by atoms with van der Waals surface area (Å²) in [7, 11) is 1.63. The molecular weight excluding hydrogens is 217 g/mol. The summed E-state index contributed by atoms with van der Waals surface area (Å²) < 4.78 is 18.5. The molecule has 0 bridgehead atoms. The van der Waals surface area contributed by atoms with Crippen molar-refractivity contribution in [2.24, 2.45) is 0 Å². The van der Waals surface area contributed by atoms with E-state index in [1.54, 1.807) is 25.3 Å². The summed E-state index contributed by atoms with van der Waals surface area (Å²) in [6.07, 6.45) is 0. The van der Waals surface area contributed by atoms with E-state index < -0.39 is 0 Å². The third-order valence-electron chi connectivity index (χ3n) is 2.49. The lowest BCUT2D eigenvalue weighted by Gasteiger charge is -2.08. The predicted octanol–water partition coefficient (Wildman–Crippen LogP) is 3.45. The minimum Gasteiger partial charge on any atom is -0.497 e.